The minimum absolute atomic E-state index is 0. The minimum Gasteiger partial charge on any atom is -0.504 e. The fourth-order valence-electron chi connectivity index (χ4n) is 3.00. The normalized spacial score (nSPS) is 11.0. The van der Waals surface area contributed by atoms with Crippen molar-refractivity contribution in [3.63, 3.8) is 0 Å². The number of H-pyrrole nitrogens is 1. The molecule has 0 aliphatic carbocycles. The van der Waals surface area contributed by atoms with Crippen LogP contribution in [-0.4, -0.2) is 30.5 Å². The Morgan fingerprint density at radius 1 is 0.654 bits per heavy atom. The molecule has 134 valence electrons. The van der Waals surface area contributed by atoms with Gasteiger partial charge < -0.3 is 30.5 Å². The van der Waals surface area contributed by atoms with Crippen LogP contribution in [0.2, 0.25) is 0 Å². The molecule has 0 radical (unpaired) electrons. The summed E-state index contributed by atoms with van der Waals surface area (Å²) < 4.78 is 0.926. The van der Waals surface area contributed by atoms with Crippen LogP contribution < -0.4 is 0 Å². The molecule has 26 heavy (non-hydrogen) atoms. The minimum atomic E-state index is -0.977. The van der Waals surface area contributed by atoms with Crippen LogP contribution in [0.15, 0.2) is 40.9 Å². The van der Waals surface area contributed by atoms with Gasteiger partial charge in [-0.2, -0.15) is 0 Å². The van der Waals surface area contributed by atoms with E-state index >= 15 is 0 Å². The number of hydrogen-bond acceptors (Lipinski definition) is 5. The lowest BCUT2D eigenvalue weighted by Crippen LogP contribution is -1.84. The van der Waals surface area contributed by atoms with Crippen molar-refractivity contribution in [2.24, 2.45) is 0 Å². The summed E-state index contributed by atoms with van der Waals surface area (Å²) in [4.78, 5) is 3.24. The van der Waals surface area contributed by atoms with Gasteiger partial charge in [-0.1, -0.05) is 41.6 Å². The summed E-state index contributed by atoms with van der Waals surface area (Å²) in [5, 5.41) is 51.1. The quantitative estimate of drug-likeness (QED) is 0.194. The van der Waals surface area contributed by atoms with Gasteiger partial charge in [-0.05, 0) is 23.8 Å². The topological polar surface area (TPSA) is 117 Å². The molecule has 0 saturated heterocycles. The van der Waals surface area contributed by atoms with Crippen molar-refractivity contribution in [3.05, 3.63) is 40.9 Å². The van der Waals surface area contributed by atoms with Gasteiger partial charge in [0.1, 0.15) is 0 Å². The molecular weight excluding hydrogens is 402 g/mol. The summed E-state index contributed by atoms with van der Waals surface area (Å²) in [5.41, 5.74) is 1.84. The van der Waals surface area contributed by atoms with Gasteiger partial charge in [-0.25, -0.2) is 0 Å². The van der Waals surface area contributed by atoms with Crippen molar-refractivity contribution in [1.82, 2.24) is 4.98 Å². The Morgan fingerprint density at radius 2 is 1.15 bits per heavy atom. The molecule has 0 fully saturated rings. The van der Waals surface area contributed by atoms with E-state index in [1.54, 1.807) is 18.2 Å². The molecule has 1 aromatic heterocycles. The number of benzene rings is 3. The first kappa shape index (κ1) is 17.8. The number of aromatic hydroxyl groups is 5. The monoisotopic (exact) mass is 417 g/mol. The lowest BCUT2D eigenvalue weighted by Gasteiger charge is -2.12. The van der Waals surface area contributed by atoms with Crippen molar-refractivity contribution in [2.45, 2.75) is 7.43 Å². The van der Waals surface area contributed by atoms with E-state index in [4.69, 9.17) is 0 Å². The number of aromatic nitrogens is 1. The van der Waals surface area contributed by atoms with Crippen LogP contribution >= 0.6 is 15.9 Å². The summed E-state index contributed by atoms with van der Waals surface area (Å²) in [6, 6.07) is 10.9. The zero-order chi connectivity index (χ0) is 17.9. The van der Waals surface area contributed by atoms with Crippen molar-refractivity contribution < 1.29 is 25.5 Å². The SMILES string of the molecule is C.Oc1c(O)c(O)c(-c2ccc3c(c2)[nH]c2cc(Br)ccc23)c(O)c1O. The van der Waals surface area contributed by atoms with E-state index in [9.17, 15) is 25.5 Å². The second kappa shape index (κ2) is 6.03. The van der Waals surface area contributed by atoms with Crippen LogP contribution in [0.25, 0.3) is 32.9 Å². The van der Waals surface area contributed by atoms with Crippen molar-refractivity contribution in [2.75, 3.05) is 0 Å². The van der Waals surface area contributed by atoms with E-state index in [-0.39, 0.29) is 13.0 Å². The molecular formula is C19H16BrNO5. The summed E-state index contributed by atoms with van der Waals surface area (Å²) in [5.74, 6) is -4.20. The maximum atomic E-state index is 10.1. The maximum absolute atomic E-state index is 10.1. The van der Waals surface area contributed by atoms with Crippen molar-refractivity contribution in [3.8, 4) is 39.9 Å². The smallest absolute Gasteiger partial charge is 0.208 e. The average molecular weight is 418 g/mol. The standard InChI is InChI=1S/C18H12BrNO5.CH4/c19-8-2-4-10-9-3-1-7(5-11(9)20-12(10)6-8)13-14(21)16(23)18(25)17(24)15(13)22;/h1-6,20-25H;1H4. The van der Waals surface area contributed by atoms with Crippen LogP contribution in [0.1, 0.15) is 7.43 Å². The van der Waals surface area contributed by atoms with Gasteiger partial charge in [0.2, 0.25) is 17.2 Å². The lowest BCUT2D eigenvalue weighted by atomic mass is 10.00. The molecule has 6 nitrogen and oxygen atoms in total. The average Bonchev–Trinajstić information content (AvgIpc) is 2.95. The second-order valence-electron chi connectivity index (χ2n) is 5.69. The number of halogens is 1. The first-order chi connectivity index (χ1) is 11.9. The third-order valence-corrected chi connectivity index (χ3v) is 4.71. The van der Waals surface area contributed by atoms with Gasteiger partial charge in [0, 0.05) is 26.3 Å². The van der Waals surface area contributed by atoms with Crippen LogP contribution in [-0.2, 0) is 0 Å². The third kappa shape index (κ3) is 2.40. The Labute approximate surface area is 156 Å². The molecule has 3 aromatic carbocycles. The third-order valence-electron chi connectivity index (χ3n) is 4.22. The molecule has 0 aliphatic heterocycles. The summed E-state index contributed by atoms with van der Waals surface area (Å²) >= 11 is 3.42. The molecule has 0 aliphatic rings. The zero-order valence-corrected chi connectivity index (χ0v) is 14.2. The summed E-state index contributed by atoms with van der Waals surface area (Å²) in [6.07, 6.45) is 0. The number of fused-ring (bicyclic) bond motifs is 3. The highest BCUT2D eigenvalue weighted by Gasteiger charge is 2.24. The maximum Gasteiger partial charge on any atom is 0.208 e. The summed E-state index contributed by atoms with van der Waals surface area (Å²) in [6.45, 7) is 0. The number of phenols is 5. The van der Waals surface area contributed by atoms with E-state index < -0.39 is 28.7 Å². The molecule has 6 N–H and O–H groups in total. The van der Waals surface area contributed by atoms with Gasteiger partial charge in [0.25, 0.3) is 0 Å². The van der Waals surface area contributed by atoms with E-state index in [2.05, 4.69) is 20.9 Å². The van der Waals surface area contributed by atoms with Gasteiger partial charge in [0.15, 0.2) is 11.5 Å². The second-order valence-corrected chi connectivity index (χ2v) is 6.61. The fraction of sp³-hybridized carbons (Fsp3) is 0.0526. The molecule has 4 aromatic rings. The molecule has 4 rings (SSSR count). The van der Waals surface area contributed by atoms with Gasteiger partial charge in [-0.3, -0.25) is 0 Å². The Hall–Kier alpha value is -3.06. The predicted molar refractivity (Wildman–Crippen MR) is 104 cm³/mol. The molecule has 1 heterocycles. The Balaban J connectivity index is 0.00000196. The van der Waals surface area contributed by atoms with Crippen LogP contribution in [0.3, 0.4) is 0 Å². The number of phenolic OH excluding ortho intramolecular Hbond substituents is 5. The van der Waals surface area contributed by atoms with Gasteiger partial charge in [0.05, 0.1) is 5.56 Å². The predicted octanol–water partition coefficient (Wildman–Crippen LogP) is 4.91. The zero-order valence-electron chi connectivity index (χ0n) is 12.6. The van der Waals surface area contributed by atoms with Crippen molar-refractivity contribution >= 4 is 37.7 Å². The van der Waals surface area contributed by atoms with E-state index in [1.807, 2.05) is 18.2 Å². The van der Waals surface area contributed by atoms with E-state index in [0.717, 1.165) is 26.3 Å². The number of aromatic amines is 1. The molecule has 0 unspecified atom stereocenters. The molecule has 7 heteroatoms. The first-order valence-electron chi connectivity index (χ1n) is 7.28. The molecule has 0 bridgehead atoms. The Bertz CT molecular complexity index is 1140. The Kier molecular flexibility index (Phi) is 4.12. The number of nitrogens with one attached hydrogen (secondary N) is 1. The number of rotatable bonds is 1. The Morgan fingerprint density at radius 3 is 1.77 bits per heavy atom. The van der Waals surface area contributed by atoms with Crippen LogP contribution in [0, 0.1) is 0 Å². The highest BCUT2D eigenvalue weighted by molar-refractivity contribution is 9.10. The molecule has 0 atom stereocenters. The largest absolute Gasteiger partial charge is 0.504 e. The first-order valence-corrected chi connectivity index (χ1v) is 8.08. The van der Waals surface area contributed by atoms with Gasteiger partial charge >= 0.3 is 0 Å². The molecule has 0 saturated carbocycles. The highest BCUT2D eigenvalue weighted by Crippen LogP contribution is 2.54. The van der Waals surface area contributed by atoms with E-state index in [1.165, 1.54) is 0 Å². The number of hydrogen-bond donors (Lipinski definition) is 6. The van der Waals surface area contributed by atoms with Gasteiger partial charge in [-0.15, -0.1) is 0 Å². The van der Waals surface area contributed by atoms with Crippen LogP contribution in [0.4, 0.5) is 0 Å². The van der Waals surface area contributed by atoms with Crippen LogP contribution in [0.5, 0.6) is 28.7 Å². The highest BCUT2D eigenvalue weighted by atomic mass is 79.9. The molecule has 0 amide bonds. The van der Waals surface area contributed by atoms with E-state index in [0.29, 0.717) is 5.56 Å². The van der Waals surface area contributed by atoms with Crippen molar-refractivity contribution in [1.29, 1.82) is 0 Å². The summed E-state index contributed by atoms with van der Waals surface area (Å²) in [7, 11) is 0. The fourth-order valence-corrected chi connectivity index (χ4v) is 3.36. The lowest BCUT2D eigenvalue weighted by molar-refractivity contribution is 0.330. The molecule has 0 spiro atoms.